The average Bonchev–Trinajstić information content (AvgIpc) is 2.89. The number of hydrogen-bond donors (Lipinski definition) is 1. The summed E-state index contributed by atoms with van der Waals surface area (Å²) in [5, 5.41) is 2.96. The Hall–Kier alpha value is -3.36. The normalized spacial score (nSPS) is 12.0. The van der Waals surface area contributed by atoms with E-state index in [1.54, 1.807) is 44.2 Å². The lowest BCUT2D eigenvalue weighted by Crippen LogP contribution is -2.51. The molecule has 3 aromatic carbocycles. The molecule has 0 bridgehead atoms. The van der Waals surface area contributed by atoms with Crippen molar-refractivity contribution in [3.8, 4) is 0 Å². The molecule has 2 amide bonds. The zero-order valence-corrected chi connectivity index (χ0v) is 23.0. The van der Waals surface area contributed by atoms with Crippen molar-refractivity contribution in [2.75, 3.05) is 24.4 Å². The molecule has 0 fully saturated rings. The molecular formula is C28H32ClN3O4S. The summed E-state index contributed by atoms with van der Waals surface area (Å²) in [6.07, 6.45) is 0.509. The first kappa shape index (κ1) is 28.2. The third-order valence-corrected chi connectivity index (χ3v) is 8.48. The molecule has 1 atom stereocenters. The molecule has 1 N–H and O–H groups in total. The summed E-state index contributed by atoms with van der Waals surface area (Å²) in [4.78, 5) is 27.7. The zero-order chi connectivity index (χ0) is 27.2. The molecular weight excluding hydrogens is 510 g/mol. The van der Waals surface area contributed by atoms with Gasteiger partial charge in [0.15, 0.2) is 0 Å². The molecule has 0 saturated carbocycles. The topological polar surface area (TPSA) is 86.8 Å². The lowest BCUT2D eigenvalue weighted by molar-refractivity contribution is -0.138. The maximum absolute atomic E-state index is 13.8. The summed E-state index contributed by atoms with van der Waals surface area (Å²) in [6.45, 7) is 4.95. The van der Waals surface area contributed by atoms with Crippen molar-refractivity contribution in [3.63, 3.8) is 0 Å². The third kappa shape index (κ3) is 6.70. The minimum atomic E-state index is -4.13. The van der Waals surface area contributed by atoms with Crippen LogP contribution in [0.5, 0.6) is 0 Å². The highest BCUT2D eigenvalue weighted by Crippen LogP contribution is 2.31. The molecule has 0 radical (unpaired) electrons. The quantitative estimate of drug-likeness (QED) is 0.413. The van der Waals surface area contributed by atoms with Crippen LogP contribution in [0.15, 0.2) is 77.7 Å². The smallest absolute Gasteiger partial charge is 0.264 e. The van der Waals surface area contributed by atoms with Crippen LogP contribution in [0.2, 0.25) is 5.02 Å². The second-order valence-electron chi connectivity index (χ2n) is 8.82. The van der Waals surface area contributed by atoms with Gasteiger partial charge in [0.1, 0.15) is 12.6 Å². The molecule has 0 aliphatic carbocycles. The van der Waals surface area contributed by atoms with Crippen LogP contribution in [-0.4, -0.2) is 51.3 Å². The lowest BCUT2D eigenvalue weighted by atomic mass is 10.1. The number of likely N-dealkylation sites (N-methyl/N-ethyl adjacent to an activating group) is 1. The van der Waals surface area contributed by atoms with Crippen molar-refractivity contribution in [1.29, 1.82) is 0 Å². The van der Waals surface area contributed by atoms with E-state index in [2.05, 4.69) is 5.32 Å². The maximum Gasteiger partial charge on any atom is 0.264 e. The van der Waals surface area contributed by atoms with Crippen LogP contribution in [0.3, 0.4) is 0 Å². The van der Waals surface area contributed by atoms with Crippen LogP contribution in [0, 0.1) is 13.8 Å². The molecule has 9 heteroatoms. The first-order valence-corrected chi connectivity index (χ1v) is 13.8. The van der Waals surface area contributed by atoms with Gasteiger partial charge in [-0.15, -0.1) is 0 Å². The average molecular weight is 542 g/mol. The van der Waals surface area contributed by atoms with Crippen LogP contribution in [0.1, 0.15) is 23.6 Å². The van der Waals surface area contributed by atoms with E-state index < -0.39 is 28.5 Å². The minimum absolute atomic E-state index is 0.0560. The van der Waals surface area contributed by atoms with Crippen molar-refractivity contribution in [3.05, 3.63) is 94.5 Å². The predicted molar refractivity (Wildman–Crippen MR) is 147 cm³/mol. The number of rotatable bonds is 10. The molecule has 0 heterocycles. The van der Waals surface area contributed by atoms with E-state index in [-0.39, 0.29) is 17.3 Å². The van der Waals surface area contributed by atoms with Crippen LogP contribution in [0.4, 0.5) is 5.69 Å². The Balaban J connectivity index is 2.02. The fourth-order valence-electron chi connectivity index (χ4n) is 4.00. The minimum Gasteiger partial charge on any atom is -0.357 e. The van der Waals surface area contributed by atoms with E-state index in [1.165, 1.54) is 24.1 Å². The number of sulfonamides is 1. The Morgan fingerprint density at radius 3 is 2.22 bits per heavy atom. The molecule has 3 aromatic rings. The number of nitrogens with zero attached hydrogens (tertiary/aromatic N) is 2. The van der Waals surface area contributed by atoms with Gasteiger partial charge in [-0.2, -0.15) is 0 Å². The molecule has 3 rings (SSSR count). The zero-order valence-electron chi connectivity index (χ0n) is 21.4. The van der Waals surface area contributed by atoms with Gasteiger partial charge in [0.2, 0.25) is 11.8 Å². The molecule has 0 aromatic heterocycles. The Kier molecular flexibility index (Phi) is 9.34. The molecule has 0 spiro atoms. The number of halogens is 1. The van der Waals surface area contributed by atoms with E-state index in [0.717, 1.165) is 15.4 Å². The summed E-state index contributed by atoms with van der Waals surface area (Å²) in [7, 11) is -2.63. The number of benzene rings is 3. The summed E-state index contributed by atoms with van der Waals surface area (Å²) in [6, 6.07) is 20.2. The number of hydrogen-bond acceptors (Lipinski definition) is 4. The van der Waals surface area contributed by atoms with Gasteiger partial charge in [-0.1, -0.05) is 65.7 Å². The van der Waals surface area contributed by atoms with Gasteiger partial charge in [0, 0.05) is 18.6 Å². The molecule has 196 valence electrons. The standard InChI is InChI=1S/C28H32ClN3O4S/c1-20-13-15-24(16-14-20)37(35,36)32(26-12-8-11-25(29)21(26)2)19-27(33)31(22(3)28(34)30-4)18-17-23-9-6-5-7-10-23/h5-16,22H,17-19H2,1-4H3,(H,30,34). The summed E-state index contributed by atoms with van der Waals surface area (Å²) < 4.78 is 28.8. The maximum atomic E-state index is 13.8. The molecule has 37 heavy (non-hydrogen) atoms. The van der Waals surface area contributed by atoms with Gasteiger partial charge < -0.3 is 10.2 Å². The van der Waals surface area contributed by atoms with Crippen LogP contribution >= 0.6 is 11.6 Å². The highest BCUT2D eigenvalue weighted by Gasteiger charge is 2.33. The van der Waals surface area contributed by atoms with Crippen molar-refractivity contribution < 1.29 is 18.0 Å². The highest BCUT2D eigenvalue weighted by atomic mass is 35.5. The van der Waals surface area contributed by atoms with Gasteiger partial charge in [0.25, 0.3) is 10.0 Å². The fraction of sp³-hybridized carbons (Fsp3) is 0.286. The van der Waals surface area contributed by atoms with Crippen molar-refractivity contribution in [2.45, 2.75) is 38.1 Å². The molecule has 0 aliphatic heterocycles. The summed E-state index contributed by atoms with van der Waals surface area (Å²) in [5.41, 5.74) is 2.74. The Bertz CT molecular complexity index is 1350. The van der Waals surface area contributed by atoms with Gasteiger partial charge in [0.05, 0.1) is 10.6 Å². The number of anilines is 1. The summed E-state index contributed by atoms with van der Waals surface area (Å²) >= 11 is 6.33. The Morgan fingerprint density at radius 2 is 1.59 bits per heavy atom. The SMILES string of the molecule is CNC(=O)C(C)N(CCc1ccccc1)C(=O)CN(c1cccc(Cl)c1C)S(=O)(=O)c1ccc(C)cc1. The van der Waals surface area contributed by atoms with Gasteiger partial charge in [-0.05, 0) is 62.6 Å². The van der Waals surface area contributed by atoms with Gasteiger partial charge in [-0.3, -0.25) is 13.9 Å². The van der Waals surface area contributed by atoms with E-state index in [9.17, 15) is 18.0 Å². The monoisotopic (exact) mass is 541 g/mol. The highest BCUT2D eigenvalue weighted by molar-refractivity contribution is 7.92. The number of carbonyl (C=O) groups excluding carboxylic acids is 2. The number of carbonyl (C=O) groups is 2. The van der Waals surface area contributed by atoms with Crippen LogP contribution in [0.25, 0.3) is 0 Å². The van der Waals surface area contributed by atoms with Crippen LogP contribution in [-0.2, 0) is 26.0 Å². The number of nitrogens with one attached hydrogen (secondary N) is 1. The van der Waals surface area contributed by atoms with Crippen molar-refractivity contribution >= 4 is 39.1 Å². The largest absolute Gasteiger partial charge is 0.357 e. The third-order valence-electron chi connectivity index (χ3n) is 6.29. The van der Waals surface area contributed by atoms with E-state index in [0.29, 0.717) is 22.7 Å². The van der Waals surface area contributed by atoms with Crippen molar-refractivity contribution in [1.82, 2.24) is 10.2 Å². The summed E-state index contributed by atoms with van der Waals surface area (Å²) in [5.74, 6) is -0.838. The second kappa shape index (κ2) is 12.3. The van der Waals surface area contributed by atoms with E-state index >= 15 is 0 Å². The van der Waals surface area contributed by atoms with E-state index in [4.69, 9.17) is 11.6 Å². The second-order valence-corrected chi connectivity index (χ2v) is 11.1. The number of amides is 2. The molecule has 0 aliphatic rings. The van der Waals surface area contributed by atoms with Crippen molar-refractivity contribution in [2.24, 2.45) is 0 Å². The Morgan fingerprint density at radius 1 is 0.946 bits per heavy atom. The van der Waals surface area contributed by atoms with Crippen LogP contribution < -0.4 is 9.62 Å². The Labute approximate surface area is 224 Å². The fourth-order valence-corrected chi connectivity index (χ4v) is 5.64. The van der Waals surface area contributed by atoms with E-state index in [1.807, 2.05) is 37.3 Å². The van der Waals surface area contributed by atoms with Gasteiger partial charge >= 0.3 is 0 Å². The predicted octanol–water partition coefficient (Wildman–Crippen LogP) is 4.36. The number of aryl methyl sites for hydroxylation is 1. The first-order valence-electron chi connectivity index (χ1n) is 12.0. The first-order chi connectivity index (χ1) is 17.6. The molecule has 1 unspecified atom stereocenters. The molecule has 0 saturated heterocycles. The lowest BCUT2D eigenvalue weighted by Gasteiger charge is -2.32. The molecule has 7 nitrogen and oxygen atoms in total. The van der Waals surface area contributed by atoms with Gasteiger partial charge in [-0.25, -0.2) is 8.42 Å².